The van der Waals surface area contributed by atoms with Gasteiger partial charge in [0.1, 0.15) is 12.6 Å². The van der Waals surface area contributed by atoms with Crippen molar-refractivity contribution in [1.82, 2.24) is 10.2 Å². The largest absolute Gasteiger partial charge is 0.493 e. The molecule has 1 saturated heterocycles. The zero-order valence-corrected chi connectivity index (χ0v) is 19.4. The molecule has 0 saturated carbocycles. The first-order valence-electron chi connectivity index (χ1n) is 10.2. The summed E-state index contributed by atoms with van der Waals surface area (Å²) >= 11 is 7.23. The van der Waals surface area contributed by atoms with E-state index in [1.54, 1.807) is 18.1 Å². The highest BCUT2D eigenvalue weighted by atomic mass is 35.5. The van der Waals surface area contributed by atoms with Crippen molar-refractivity contribution in [3.05, 3.63) is 57.3 Å². The third kappa shape index (κ3) is 5.80. The fourth-order valence-corrected chi connectivity index (χ4v) is 4.49. The summed E-state index contributed by atoms with van der Waals surface area (Å²) in [4.78, 5) is 28.6. The number of nitrogens with zero attached hydrogens (tertiary/aromatic N) is 1. The van der Waals surface area contributed by atoms with Gasteiger partial charge in [0.15, 0.2) is 11.5 Å². The van der Waals surface area contributed by atoms with Crippen molar-refractivity contribution in [3.8, 4) is 11.5 Å². The molecule has 3 rings (SSSR count). The van der Waals surface area contributed by atoms with Gasteiger partial charge in [-0.1, -0.05) is 24.2 Å². The van der Waals surface area contributed by atoms with Crippen LogP contribution in [-0.2, 0) is 11.3 Å². The first-order chi connectivity index (χ1) is 14.9. The summed E-state index contributed by atoms with van der Waals surface area (Å²) in [6, 6.07) is 6.87. The van der Waals surface area contributed by atoms with E-state index in [0.29, 0.717) is 34.4 Å². The van der Waals surface area contributed by atoms with E-state index in [1.165, 1.54) is 11.3 Å². The normalized spacial score (nSPS) is 16.2. The summed E-state index contributed by atoms with van der Waals surface area (Å²) in [5.41, 5.74) is 1.74. The predicted molar refractivity (Wildman–Crippen MR) is 123 cm³/mol. The van der Waals surface area contributed by atoms with Crippen LogP contribution in [0, 0.1) is 6.92 Å². The van der Waals surface area contributed by atoms with Gasteiger partial charge in [-0.15, -0.1) is 11.3 Å². The lowest BCUT2D eigenvalue weighted by Crippen LogP contribution is -2.48. The molecule has 1 aliphatic heterocycles. The van der Waals surface area contributed by atoms with E-state index in [1.807, 2.05) is 30.5 Å². The van der Waals surface area contributed by atoms with Gasteiger partial charge in [0.25, 0.3) is 5.91 Å². The van der Waals surface area contributed by atoms with E-state index >= 15 is 0 Å². The van der Waals surface area contributed by atoms with E-state index < -0.39 is 6.04 Å². The third-order valence-corrected chi connectivity index (χ3v) is 6.28. The van der Waals surface area contributed by atoms with Gasteiger partial charge in [0.2, 0.25) is 5.91 Å². The number of thiophene rings is 1. The number of ether oxygens (including phenoxy) is 2. The van der Waals surface area contributed by atoms with Crippen LogP contribution in [0.25, 0.3) is 0 Å². The Morgan fingerprint density at radius 3 is 2.81 bits per heavy atom. The van der Waals surface area contributed by atoms with Crippen molar-refractivity contribution in [3.63, 3.8) is 0 Å². The second kappa shape index (κ2) is 10.7. The van der Waals surface area contributed by atoms with Crippen LogP contribution in [0.3, 0.4) is 0 Å². The number of benzene rings is 1. The van der Waals surface area contributed by atoms with Crippen LogP contribution in [0.4, 0.5) is 0 Å². The Kier molecular flexibility index (Phi) is 7.98. The number of halogens is 1. The number of amides is 2. The lowest BCUT2D eigenvalue weighted by molar-refractivity contribution is -0.125. The molecule has 0 aliphatic carbocycles. The molecule has 0 radical (unpaired) electrons. The van der Waals surface area contributed by atoms with Crippen molar-refractivity contribution in [2.75, 3.05) is 20.3 Å². The minimum Gasteiger partial charge on any atom is -0.493 e. The molecular formula is C23H27ClN2O4S. The Morgan fingerprint density at radius 2 is 2.13 bits per heavy atom. The monoisotopic (exact) mass is 462 g/mol. The first kappa shape index (κ1) is 23.2. The molecule has 1 N–H and O–H groups in total. The Hall–Kier alpha value is -2.51. The topological polar surface area (TPSA) is 67.9 Å². The molecule has 6 nitrogen and oxygen atoms in total. The molecule has 2 heterocycles. The Morgan fingerprint density at radius 1 is 1.32 bits per heavy atom. The predicted octanol–water partition coefficient (Wildman–Crippen LogP) is 4.51. The van der Waals surface area contributed by atoms with Crippen LogP contribution in [-0.4, -0.2) is 43.0 Å². The highest BCUT2D eigenvalue weighted by Crippen LogP contribution is 2.30. The molecule has 1 atom stereocenters. The van der Waals surface area contributed by atoms with Crippen molar-refractivity contribution in [2.24, 2.45) is 0 Å². The van der Waals surface area contributed by atoms with Crippen LogP contribution in [0.5, 0.6) is 11.5 Å². The number of hydrogen-bond acceptors (Lipinski definition) is 5. The average molecular weight is 463 g/mol. The van der Waals surface area contributed by atoms with Gasteiger partial charge >= 0.3 is 0 Å². The van der Waals surface area contributed by atoms with Gasteiger partial charge in [-0.25, -0.2) is 0 Å². The lowest BCUT2D eigenvalue weighted by Gasteiger charge is -2.30. The van der Waals surface area contributed by atoms with Crippen molar-refractivity contribution >= 4 is 34.8 Å². The highest BCUT2D eigenvalue weighted by molar-refractivity contribution is 7.12. The first-order valence-corrected chi connectivity index (χ1v) is 11.4. The van der Waals surface area contributed by atoms with Crippen LogP contribution in [0.15, 0.2) is 41.3 Å². The number of nitrogens with one attached hydrogen (secondary N) is 1. The third-order valence-electron chi connectivity index (χ3n) is 5.16. The Bertz CT molecular complexity index is 959. The SMILES string of the molecule is C=C(Cl)COc1cc(CN(C(=O)c2sccc2C)[C@H]2CCCCNC2=O)ccc1OC. The standard InChI is InChI=1S/C23H27ClN2O4S/c1-15-9-11-31-21(15)23(28)26(18-6-4-5-10-25-22(18)27)13-17-7-8-19(29-3)20(12-17)30-14-16(2)24/h7-9,11-12,18H,2,4-6,10,13-14H2,1,3H3,(H,25,27)/t18-/m0/s1. The molecule has 31 heavy (non-hydrogen) atoms. The van der Waals surface area contributed by atoms with Crippen molar-refractivity contribution < 1.29 is 19.1 Å². The molecular weight excluding hydrogens is 436 g/mol. The van der Waals surface area contributed by atoms with Crippen LogP contribution >= 0.6 is 22.9 Å². The molecule has 0 unspecified atom stereocenters. The van der Waals surface area contributed by atoms with Gasteiger partial charge < -0.3 is 19.7 Å². The molecule has 1 aromatic carbocycles. The Labute approximate surface area is 191 Å². The Balaban J connectivity index is 1.93. The number of aryl methyl sites for hydroxylation is 1. The summed E-state index contributed by atoms with van der Waals surface area (Å²) < 4.78 is 11.1. The van der Waals surface area contributed by atoms with Gasteiger partial charge in [0.05, 0.1) is 12.0 Å². The van der Waals surface area contributed by atoms with Gasteiger partial charge in [-0.2, -0.15) is 0 Å². The summed E-state index contributed by atoms with van der Waals surface area (Å²) in [5, 5.41) is 5.20. The van der Waals surface area contributed by atoms with Crippen LogP contribution in [0.1, 0.15) is 40.1 Å². The van der Waals surface area contributed by atoms with E-state index in [4.69, 9.17) is 21.1 Å². The minimum atomic E-state index is -0.523. The number of carbonyl (C=O) groups is 2. The van der Waals surface area contributed by atoms with E-state index in [-0.39, 0.29) is 25.0 Å². The summed E-state index contributed by atoms with van der Waals surface area (Å²) in [7, 11) is 1.56. The van der Waals surface area contributed by atoms with Crippen LogP contribution < -0.4 is 14.8 Å². The molecule has 2 amide bonds. The van der Waals surface area contributed by atoms with Gasteiger partial charge in [0, 0.05) is 18.1 Å². The lowest BCUT2D eigenvalue weighted by atomic mass is 10.1. The van der Waals surface area contributed by atoms with Gasteiger partial charge in [-0.3, -0.25) is 9.59 Å². The molecule has 0 spiro atoms. The maximum absolute atomic E-state index is 13.5. The number of hydrogen-bond donors (Lipinski definition) is 1. The molecule has 8 heteroatoms. The number of methoxy groups -OCH3 is 1. The molecule has 1 aromatic heterocycles. The van der Waals surface area contributed by atoms with Gasteiger partial charge in [-0.05, 0) is 60.9 Å². The average Bonchev–Trinajstić information content (AvgIpc) is 3.07. The molecule has 1 fully saturated rings. The van der Waals surface area contributed by atoms with Crippen LogP contribution in [0.2, 0.25) is 0 Å². The quantitative estimate of drug-likeness (QED) is 0.626. The van der Waals surface area contributed by atoms with E-state index in [9.17, 15) is 9.59 Å². The minimum absolute atomic E-state index is 0.108. The summed E-state index contributed by atoms with van der Waals surface area (Å²) in [6.45, 7) is 6.60. The molecule has 0 bridgehead atoms. The maximum atomic E-state index is 13.5. The zero-order chi connectivity index (χ0) is 22.4. The van der Waals surface area contributed by atoms with E-state index in [0.717, 1.165) is 24.0 Å². The maximum Gasteiger partial charge on any atom is 0.265 e. The summed E-state index contributed by atoms with van der Waals surface area (Å²) in [6.07, 6.45) is 2.42. The second-order valence-electron chi connectivity index (χ2n) is 7.46. The van der Waals surface area contributed by atoms with Crippen molar-refractivity contribution in [2.45, 2.75) is 38.8 Å². The van der Waals surface area contributed by atoms with E-state index in [2.05, 4.69) is 11.9 Å². The molecule has 166 valence electrons. The second-order valence-corrected chi connectivity index (χ2v) is 8.91. The summed E-state index contributed by atoms with van der Waals surface area (Å²) in [5.74, 6) is 0.818. The smallest absolute Gasteiger partial charge is 0.265 e. The number of rotatable bonds is 8. The zero-order valence-electron chi connectivity index (χ0n) is 17.8. The fraction of sp³-hybridized carbons (Fsp3) is 0.391. The molecule has 2 aromatic rings. The van der Waals surface area contributed by atoms with Crippen molar-refractivity contribution in [1.29, 1.82) is 0 Å². The molecule has 1 aliphatic rings. The highest BCUT2D eigenvalue weighted by Gasteiger charge is 2.32. The number of carbonyl (C=O) groups excluding carboxylic acids is 2. The fourth-order valence-electron chi connectivity index (χ4n) is 3.55.